The number of nitrogens with one attached hydrogen (secondary N) is 1. The molecule has 0 aliphatic rings. The lowest BCUT2D eigenvalue weighted by Gasteiger charge is -2.08. The molecule has 0 saturated heterocycles. The molecule has 0 atom stereocenters. The molecule has 5 nitrogen and oxygen atoms in total. The van der Waals surface area contributed by atoms with Crippen LogP contribution in [0.5, 0.6) is 0 Å². The summed E-state index contributed by atoms with van der Waals surface area (Å²) in [5.41, 5.74) is 1.56. The van der Waals surface area contributed by atoms with E-state index in [4.69, 9.17) is 4.74 Å². The van der Waals surface area contributed by atoms with Crippen molar-refractivity contribution in [3.8, 4) is 10.4 Å². The minimum Gasteiger partial charge on any atom is -0.462 e. The van der Waals surface area contributed by atoms with Gasteiger partial charge in [0.25, 0.3) is 5.91 Å². The van der Waals surface area contributed by atoms with Gasteiger partial charge in [0.05, 0.1) is 29.4 Å². The van der Waals surface area contributed by atoms with E-state index in [0.29, 0.717) is 12.2 Å². The molecule has 3 aromatic rings. The average Bonchev–Trinajstić information content (AvgIpc) is 3.19. The molecule has 29 heavy (non-hydrogen) atoms. The molecule has 1 aromatic carbocycles. The lowest BCUT2D eigenvalue weighted by molar-refractivity contribution is 0.0505. The number of thiophene rings is 1. The molecule has 0 saturated carbocycles. The average molecular weight is 416 g/mol. The molecule has 150 valence electrons. The fraction of sp³-hybridized carbons (Fsp3) is 0.190. The third-order valence-corrected chi connectivity index (χ3v) is 5.22. The van der Waals surface area contributed by atoms with Gasteiger partial charge >= 0.3 is 5.97 Å². The number of halogens is 2. The van der Waals surface area contributed by atoms with Gasteiger partial charge in [0.15, 0.2) is 11.6 Å². The van der Waals surface area contributed by atoms with Gasteiger partial charge in [-0.25, -0.2) is 13.6 Å². The molecule has 1 N–H and O–H groups in total. The number of pyridine rings is 1. The molecule has 0 fully saturated rings. The van der Waals surface area contributed by atoms with Crippen molar-refractivity contribution < 1.29 is 23.1 Å². The van der Waals surface area contributed by atoms with Crippen LogP contribution in [0.2, 0.25) is 0 Å². The number of amides is 1. The van der Waals surface area contributed by atoms with E-state index in [9.17, 15) is 18.4 Å². The van der Waals surface area contributed by atoms with Crippen molar-refractivity contribution in [2.75, 3.05) is 11.9 Å². The number of aromatic nitrogens is 1. The van der Waals surface area contributed by atoms with E-state index in [1.807, 2.05) is 13.8 Å². The van der Waals surface area contributed by atoms with Gasteiger partial charge in [0.1, 0.15) is 5.69 Å². The maximum absolute atomic E-state index is 13.7. The Balaban J connectivity index is 1.84. The molecule has 0 spiro atoms. The molecule has 0 bridgehead atoms. The smallest absolute Gasteiger partial charge is 0.338 e. The number of benzene rings is 1. The van der Waals surface area contributed by atoms with E-state index in [1.165, 1.54) is 0 Å². The fourth-order valence-corrected chi connectivity index (χ4v) is 3.59. The molecule has 2 aromatic heterocycles. The first kappa shape index (κ1) is 20.6. The monoisotopic (exact) mass is 416 g/mol. The Kier molecular flexibility index (Phi) is 6.33. The molecular formula is C21H18F2N2O3S. The highest BCUT2D eigenvalue weighted by molar-refractivity contribution is 7.17. The largest absolute Gasteiger partial charge is 0.462 e. The second kappa shape index (κ2) is 8.91. The Morgan fingerprint density at radius 3 is 2.55 bits per heavy atom. The van der Waals surface area contributed by atoms with E-state index < -0.39 is 29.2 Å². The predicted octanol–water partition coefficient (Wildman–Crippen LogP) is 5.22. The summed E-state index contributed by atoms with van der Waals surface area (Å²) in [6, 6.07) is 8.49. The number of esters is 1. The van der Waals surface area contributed by atoms with Crippen LogP contribution >= 0.6 is 11.3 Å². The first-order valence-electron chi connectivity index (χ1n) is 8.89. The second-order valence-electron chi connectivity index (χ2n) is 6.26. The Hall–Kier alpha value is -3.13. The number of ether oxygens (including phenoxy) is 1. The first-order valence-corrected chi connectivity index (χ1v) is 9.70. The lowest BCUT2D eigenvalue weighted by Crippen LogP contribution is -2.13. The van der Waals surface area contributed by atoms with Crippen molar-refractivity contribution in [3.63, 3.8) is 0 Å². The van der Waals surface area contributed by atoms with Gasteiger partial charge in [-0.1, -0.05) is 13.0 Å². The summed E-state index contributed by atoms with van der Waals surface area (Å²) < 4.78 is 32.6. The van der Waals surface area contributed by atoms with Crippen molar-refractivity contribution in [2.45, 2.75) is 20.3 Å². The Morgan fingerprint density at radius 1 is 1.14 bits per heavy atom. The summed E-state index contributed by atoms with van der Waals surface area (Å²) in [4.78, 5) is 28.9. The third-order valence-electron chi connectivity index (χ3n) is 4.10. The van der Waals surface area contributed by atoms with Crippen LogP contribution in [0.1, 0.15) is 38.9 Å². The summed E-state index contributed by atoms with van der Waals surface area (Å²) in [6.45, 7) is 4.14. The molecular weight excluding hydrogens is 398 g/mol. The van der Waals surface area contributed by atoms with E-state index in [-0.39, 0.29) is 4.88 Å². The van der Waals surface area contributed by atoms with Crippen molar-refractivity contribution >= 4 is 28.9 Å². The molecule has 1 amide bonds. The highest BCUT2D eigenvalue weighted by Crippen LogP contribution is 2.32. The fourth-order valence-electron chi connectivity index (χ4n) is 2.60. The normalized spacial score (nSPS) is 10.6. The van der Waals surface area contributed by atoms with Crippen molar-refractivity contribution in [1.82, 2.24) is 4.98 Å². The molecule has 2 heterocycles. The summed E-state index contributed by atoms with van der Waals surface area (Å²) >= 11 is 1.15. The molecule has 0 aliphatic heterocycles. The van der Waals surface area contributed by atoms with Crippen LogP contribution in [-0.4, -0.2) is 23.5 Å². The number of hydrogen-bond donors (Lipinski definition) is 1. The number of nitrogens with zero attached hydrogens (tertiary/aromatic N) is 1. The molecule has 0 unspecified atom stereocenters. The van der Waals surface area contributed by atoms with Crippen LogP contribution in [0.15, 0.2) is 42.7 Å². The van der Waals surface area contributed by atoms with E-state index in [1.54, 1.807) is 30.3 Å². The molecule has 3 rings (SSSR count). The maximum atomic E-state index is 13.7. The zero-order valence-corrected chi connectivity index (χ0v) is 16.6. The third kappa shape index (κ3) is 4.65. The summed E-state index contributed by atoms with van der Waals surface area (Å²) in [6.07, 6.45) is 2.38. The number of carbonyl (C=O) groups excluding carboxylic acids is 2. The summed E-state index contributed by atoms with van der Waals surface area (Å²) in [5, 5.41) is 2.23. The Bertz CT molecular complexity index is 1050. The van der Waals surface area contributed by atoms with Gasteiger partial charge in [-0.2, -0.15) is 0 Å². The van der Waals surface area contributed by atoms with Crippen LogP contribution < -0.4 is 5.32 Å². The number of carbonyl (C=O) groups is 2. The molecule has 0 aliphatic carbocycles. The lowest BCUT2D eigenvalue weighted by atomic mass is 10.0. The number of rotatable bonds is 6. The first-order chi connectivity index (χ1) is 13.9. The zero-order chi connectivity index (χ0) is 21.0. The number of anilines is 1. The van der Waals surface area contributed by atoms with Crippen LogP contribution in [0.4, 0.5) is 14.5 Å². The van der Waals surface area contributed by atoms with Gasteiger partial charge in [0.2, 0.25) is 0 Å². The van der Waals surface area contributed by atoms with E-state index in [0.717, 1.165) is 46.2 Å². The Morgan fingerprint density at radius 2 is 1.86 bits per heavy atom. The number of hydrogen-bond acceptors (Lipinski definition) is 5. The quantitative estimate of drug-likeness (QED) is 0.560. The SMILES string of the molecule is CCCOC(=O)c1ccc(C)c(-c2ccc(C(=O)Nc3c(F)cncc3F)s2)c1. The molecule has 0 radical (unpaired) electrons. The van der Waals surface area contributed by atoms with Gasteiger partial charge in [-0.15, -0.1) is 11.3 Å². The maximum Gasteiger partial charge on any atom is 0.338 e. The van der Waals surface area contributed by atoms with Crippen molar-refractivity contribution in [1.29, 1.82) is 0 Å². The van der Waals surface area contributed by atoms with Gasteiger partial charge in [-0.05, 0) is 48.7 Å². The summed E-state index contributed by atoms with van der Waals surface area (Å²) in [5.74, 6) is -2.96. The second-order valence-corrected chi connectivity index (χ2v) is 7.35. The molecule has 8 heteroatoms. The van der Waals surface area contributed by atoms with Crippen LogP contribution in [0.25, 0.3) is 10.4 Å². The van der Waals surface area contributed by atoms with E-state index >= 15 is 0 Å². The predicted molar refractivity (Wildman–Crippen MR) is 107 cm³/mol. The number of aryl methyl sites for hydroxylation is 1. The highest BCUT2D eigenvalue weighted by Gasteiger charge is 2.17. The minimum atomic E-state index is -0.954. The Labute approximate surface area is 170 Å². The van der Waals surface area contributed by atoms with Crippen LogP contribution in [0.3, 0.4) is 0 Å². The highest BCUT2D eigenvalue weighted by atomic mass is 32.1. The standard InChI is InChI=1S/C21H18F2N2O3S/c1-3-8-28-21(27)13-5-4-12(2)14(9-13)17-6-7-18(29-17)20(26)25-19-15(22)10-24-11-16(19)23/h4-7,9-11H,3,8H2,1-2H3,(H,24,25,26). The van der Waals surface area contributed by atoms with Crippen LogP contribution in [-0.2, 0) is 4.74 Å². The zero-order valence-electron chi connectivity index (χ0n) is 15.8. The summed E-state index contributed by atoms with van der Waals surface area (Å²) in [7, 11) is 0. The minimum absolute atomic E-state index is 0.272. The van der Waals surface area contributed by atoms with Gasteiger partial charge < -0.3 is 10.1 Å². The topological polar surface area (TPSA) is 68.3 Å². The van der Waals surface area contributed by atoms with Crippen LogP contribution in [0, 0.1) is 18.6 Å². The van der Waals surface area contributed by atoms with E-state index in [2.05, 4.69) is 10.3 Å². The van der Waals surface area contributed by atoms with Gasteiger partial charge in [-0.3, -0.25) is 9.78 Å². The van der Waals surface area contributed by atoms with Gasteiger partial charge in [0, 0.05) is 4.88 Å². The van der Waals surface area contributed by atoms with Crippen molar-refractivity contribution in [3.05, 3.63) is 70.4 Å². The van der Waals surface area contributed by atoms with Crippen molar-refractivity contribution in [2.24, 2.45) is 0 Å².